The van der Waals surface area contributed by atoms with E-state index in [0.717, 1.165) is 29.9 Å². The van der Waals surface area contributed by atoms with Crippen LogP contribution in [0.25, 0.3) is 0 Å². The van der Waals surface area contributed by atoms with Crippen molar-refractivity contribution in [3.63, 3.8) is 0 Å². The number of phenolic OH excluding ortho intramolecular Hbond substituents is 1. The van der Waals surface area contributed by atoms with Crippen molar-refractivity contribution in [2.24, 2.45) is 0 Å². The zero-order valence-corrected chi connectivity index (χ0v) is 12.7. The topological polar surface area (TPSA) is 69.2 Å². The van der Waals surface area contributed by atoms with E-state index in [2.05, 4.69) is 14.9 Å². The predicted octanol–water partition coefficient (Wildman–Crippen LogP) is 2.05. The molecule has 2 aromatic rings. The van der Waals surface area contributed by atoms with E-state index in [1.807, 2.05) is 0 Å². The van der Waals surface area contributed by atoms with E-state index in [1.165, 1.54) is 6.07 Å². The van der Waals surface area contributed by atoms with Crippen LogP contribution < -0.4 is 5.56 Å². The van der Waals surface area contributed by atoms with E-state index in [1.54, 1.807) is 12.1 Å². The van der Waals surface area contributed by atoms with Gasteiger partial charge in [0.1, 0.15) is 5.82 Å². The molecule has 0 bridgehead atoms. The van der Waals surface area contributed by atoms with Gasteiger partial charge >= 0.3 is 0 Å². The third-order valence-electron chi connectivity index (χ3n) is 4.60. The second-order valence-electron chi connectivity index (χ2n) is 6.36. The van der Waals surface area contributed by atoms with Gasteiger partial charge in [0.05, 0.1) is 5.69 Å². The Morgan fingerprint density at radius 2 is 2.22 bits per heavy atom. The number of aromatic amines is 1. The van der Waals surface area contributed by atoms with Gasteiger partial charge in [-0.25, -0.2) is 9.37 Å². The van der Waals surface area contributed by atoms with Crippen LogP contribution in [0.15, 0.2) is 23.0 Å². The van der Waals surface area contributed by atoms with E-state index in [-0.39, 0.29) is 11.3 Å². The van der Waals surface area contributed by atoms with Gasteiger partial charge in [-0.15, -0.1) is 0 Å². The molecule has 5 nitrogen and oxygen atoms in total. The molecule has 4 rings (SSSR count). The quantitative estimate of drug-likeness (QED) is 0.909. The SMILES string of the molecule is O=c1[nH]c(C2CC2)nc2c1CCN(Cc1cccc(F)c1O)C2. The number of aromatic nitrogens is 2. The Morgan fingerprint density at radius 3 is 3.00 bits per heavy atom. The van der Waals surface area contributed by atoms with Crippen molar-refractivity contribution < 1.29 is 9.50 Å². The number of nitrogens with one attached hydrogen (secondary N) is 1. The smallest absolute Gasteiger partial charge is 0.254 e. The van der Waals surface area contributed by atoms with Crippen LogP contribution in [0, 0.1) is 5.82 Å². The maximum absolute atomic E-state index is 13.4. The van der Waals surface area contributed by atoms with Crippen LogP contribution in [0.1, 0.15) is 41.4 Å². The summed E-state index contributed by atoms with van der Waals surface area (Å²) in [6.07, 6.45) is 2.80. The largest absolute Gasteiger partial charge is 0.505 e. The molecule has 0 amide bonds. The van der Waals surface area contributed by atoms with Gasteiger partial charge in [-0.3, -0.25) is 9.69 Å². The Morgan fingerprint density at radius 1 is 1.39 bits per heavy atom. The molecule has 2 aliphatic rings. The second kappa shape index (κ2) is 5.45. The van der Waals surface area contributed by atoms with E-state index >= 15 is 0 Å². The summed E-state index contributed by atoms with van der Waals surface area (Å²) >= 11 is 0. The molecule has 120 valence electrons. The lowest BCUT2D eigenvalue weighted by Crippen LogP contribution is -2.35. The summed E-state index contributed by atoms with van der Waals surface area (Å²) in [5.41, 5.74) is 2.11. The normalized spacial score (nSPS) is 18.0. The van der Waals surface area contributed by atoms with Crippen molar-refractivity contribution in [2.45, 2.75) is 38.3 Å². The molecule has 2 N–H and O–H groups in total. The lowest BCUT2D eigenvalue weighted by Gasteiger charge is -2.28. The van der Waals surface area contributed by atoms with Crippen LogP contribution in [0.4, 0.5) is 4.39 Å². The number of H-pyrrole nitrogens is 1. The molecule has 0 spiro atoms. The van der Waals surface area contributed by atoms with Crippen LogP contribution in [-0.2, 0) is 19.5 Å². The number of para-hydroxylation sites is 1. The van der Waals surface area contributed by atoms with Crippen LogP contribution in [-0.4, -0.2) is 26.5 Å². The Bertz CT molecular complexity index is 814. The highest BCUT2D eigenvalue weighted by atomic mass is 19.1. The summed E-state index contributed by atoms with van der Waals surface area (Å²) in [5, 5.41) is 9.82. The van der Waals surface area contributed by atoms with Gasteiger partial charge in [-0.1, -0.05) is 12.1 Å². The van der Waals surface area contributed by atoms with Crippen LogP contribution in [0.2, 0.25) is 0 Å². The molecule has 0 atom stereocenters. The molecule has 0 unspecified atom stereocenters. The van der Waals surface area contributed by atoms with Crippen LogP contribution >= 0.6 is 0 Å². The molecular formula is C17H18FN3O2. The number of halogens is 1. The van der Waals surface area contributed by atoms with Crippen molar-refractivity contribution in [2.75, 3.05) is 6.54 Å². The summed E-state index contributed by atoms with van der Waals surface area (Å²) in [7, 11) is 0. The Hall–Kier alpha value is -2.21. The highest BCUT2D eigenvalue weighted by molar-refractivity contribution is 5.33. The third kappa shape index (κ3) is 2.74. The summed E-state index contributed by atoms with van der Waals surface area (Å²) in [5.74, 6) is 0.293. The van der Waals surface area contributed by atoms with Gasteiger partial charge in [0, 0.05) is 36.7 Å². The molecule has 6 heteroatoms. The number of rotatable bonds is 3. The molecule has 0 radical (unpaired) electrons. The fourth-order valence-corrected chi connectivity index (χ4v) is 3.13. The van der Waals surface area contributed by atoms with Crippen molar-refractivity contribution in [1.29, 1.82) is 0 Å². The lowest BCUT2D eigenvalue weighted by molar-refractivity contribution is 0.236. The van der Waals surface area contributed by atoms with E-state index in [4.69, 9.17) is 0 Å². The number of nitrogens with zero attached hydrogens (tertiary/aromatic N) is 2. The fourth-order valence-electron chi connectivity index (χ4n) is 3.13. The van der Waals surface area contributed by atoms with Crippen molar-refractivity contribution in [3.8, 4) is 5.75 Å². The summed E-state index contributed by atoms with van der Waals surface area (Å²) in [4.78, 5) is 21.8. The number of benzene rings is 1. The second-order valence-corrected chi connectivity index (χ2v) is 6.36. The number of hydrogen-bond acceptors (Lipinski definition) is 4. The summed E-state index contributed by atoms with van der Waals surface area (Å²) < 4.78 is 13.4. The molecule has 1 aliphatic carbocycles. The zero-order valence-electron chi connectivity index (χ0n) is 12.7. The number of hydrogen-bond donors (Lipinski definition) is 2. The number of fused-ring (bicyclic) bond motifs is 1. The highest BCUT2D eigenvalue weighted by Crippen LogP contribution is 2.38. The molecule has 0 saturated heterocycles. The molecule has 1 aromatic heterocycles. The van der Waals surface area contributed by atoms with Gasteiger partial charge in [-0.2, -0.15) is 0 Å². The maximum Gasteiger partial charge on any atom is 0.254 e. The Kier molecular flexibility index (Phi) is 3.41. The van der Waals surface area contributed by atoms with Crippen LogP contribution in [0.3, 0.4) is 0 Å². The van der Waals surface area contributed by atoms with Gasteiger partial charge in [0.25, 0.3) is 5.56 Å². The monoisotopic (exact) mass is 315 g/mol. The highest BCUT2D eigenvalue weighted by Gasteiger charge is 2.29. The lowest BCUT2D eigenvalue weighted by atomic mass is 10.0. The summed E-state index contributed by atoms with van der Waals surface area (Å²) in [6, 6.07) is 4.55. The molecule has 1 aliphatic heterocycles. The maximum atomic E-state index is 13.4. The van der Waals surface area contributed by atoms with Crippen molar-refractivity contribution >= 4 is 0 Å². The first-order valence-corrected chi connectivity index (χ1v) is 7.92. The van der Waals surface area contributed by atoms with Crippen molar-refractivity contribution in [3.05, 3.63) is 57.0 Å². The van der Waals surface area contributed by atoms with Crippen molar-refractivity contribution in [1.82, 2.24) is 14.9 Å². The van der Waals surface area contributed by atoms with Crippen LogP contribution in [0.5, 0.6) is 5.75 Å². The third-order valence-corrected chi connectivity index (χ3v) is 4.60. The minimum Gasteiger partial charge on any atom is -0.505 e. The number of phenols is 1. The van der Waals surface area contributed by atoms with E-state index in [0.29, 0.717) is 37.5 Å². The Balaban J connectivity index is 1.58. The number of aromatic hydroxyl groups is 1. The molecule has 1 fully saturated rings. The predicted molar refractivity (Wildman–Crippen MR) is 82.7 cm³/mol. The van der Waals surface area contributed by atoms with Gasteiger partial charge in [0.15, 0.2) is 11.6 Å². The first-order chi connectivity index (χ1) is 11.1. The average Bonchev–Trinajstić information content (AvgIpc) is 3.36. The summed E-state index contributed by atoms with van der Waals surface area (Å²) in [6.45, 7) is 1.68. The molecule has 2 heterocycles. The Labute approximate surface area is 132 Å². The van der Waals surface area contributed by atoms with E-state index in [9.17, 15) is 14.3 Å². The molecule has 1 saturated carbocycles. The minimum atomic E-state index is -0.606. The average molecular weight is 315 g/mol. The van der Waals surface area contributed by atoms with E-state index < -0.39 is 5.82 Å². The van der Waals surface area contributed by atoms with Gasteiger partial charge in [-0.05, 0) is 25.3 Å². The molecule has 23 heavy (non-hydrogen) atoms. The first kappa shape index (κ1) is 14.4. The zero-order chi connectivity index (χ0) is 16.0. The van der Waals surface area contributed by atoms with Gasteiger partial charge < -0.3 is 10.1 Å². The first-order valence-electron chi connectivity index (χ1n) is 7.92. The molecule has 1 aromatic carbocycles. The standard InChI is InChI=1S/C17H18FN3O2/c18-13-3-1-2-11(15(13)22)8-21-7-6-12-14(9-21)19-16(10-4-5-10)20-17(12)23/h1-3,10,22H,4-9H2,(H,19,20,23). The fraction of sp³-hybridized carbons (Fsp3) is 0.412. The van der Waals surface area contributed by atoms with Gasteiger partial charge in [0.2, 0.25) is 0 Å². The minimum absolute atomic E-state index is 0.0230. The molecular weight excluding hydrogens is 297 g/mol.